The number of rotatable bonds is 7. The summed E-state index contributed by atoms with van der Waals surface area (Å²) in [7, 11) is 3.05. The second-order valence-electron chi connectivity index (χ2n) is 4.96. The summed E-state index contributed by atoms with van der Waals surface area (Å²) in [5.74, 6) is 0.991. The van der Waals surface area contributed by atoms with Crippen LogP contribution >= 0.6 is 0 Å². The second-order valence-corrected chi connectivity index (χ2v) is 4.96. The zero-order valence-corrected chi connectivity index (χ0v) is 13.8. The van der Waals surface area contributed by atoms with E-state index in [0.717, 1.165) is 0 Å². The first-order chi connectivity index (χ1) is 11.5. The number of anilines is 1. The molecule has 0 atom stereocenters. The highest BCUT2D eigenvalue weighted by Gasteiger charge is 2.12. The number of amides is 1. The zero-order chi connectivity index (χ0) is 17.5. The summed E-state index contributed by atoms with van der Waals surface area (Å²) in [5.41, 5.74) is 0.944. The van der Waals surface area contributed by atoms with Crippen LogP contribution in [0.3, 0.4) is 0 Å². The second kappa shape index (κ2) is 8.01. The van der Waals surface area contributed by atoms with Crippen molar-refractivity contribution in [1.29, 1.82) is 0 Å². The highest BCUT2D eigenvalue weighted by molar-refractivity contribution is 5.97. The van der Waals surface area contributed by atoms with E-state index in [1.54, 1.807) is 49.6 Å². The average molecular weight is 329 g/mol. The molecule has 0 saturated carbocycles. The van der Waals surface area contributed by atoms with Crippen LogP contribution in [0.4, 0.5) is 5.69 Å². The molecule has 0 aromatic heterocycles. The van der Waals surface area contributed by atoms with Crippen molar-refractivity contribution in [2.24, 2.45) is 0 Å². The number of carbonyl (C=O) groups excluding carboxylic acids is 2. The third-order valence-corrected chi connectivity index (χ3v) is 3.31. The van der Waals surface area contributed by atoms with Gasteiger partial charge >= 0.3 is 0 Å². The molecule has 2 aromatic carbocycles. The van der Waals surface area contributed by atoms with Gasteiger partial charge in [-0.15, -0.1) is 0 Å². The number of benzene rings is 2. The van der Waals surface area contributed by atoms with Crippen molar-refractivity contribution in [3.05, 3.63) is 48.0 Å². The summed E-state index contributed by atoms with van der Waals surface area (Å²) < 4.78 is 15.8. The number of methoxy groups -OCH3 is 2. The van der Waals surface area contributed by atoms with Gasteiger partial charge in [0, 0.05) is 6.07 Å². The normalized spacial score (nSPS) is 9.96. The van der Waals surface area contributed by atoms with Crippen LogP contribution in [0.2, 0.25) is 0 Å². The lowest BCUT2D eigenvalue weighted by Gasteiger charge is -2.13. The highest BCUT2D eigenvalue weighted by Crippen LogP contribution is 2.29. The molecule has 6 nitrogen and oxygen atoms in total. The third kappa shape index (κ3) is 4.25. The number of ether oxygens (including phenoxy) is 3. The van der Waals surface area contributed by atoms with Gasteiger partial charge in [0.15, 0.2) is 12.4 Å². The van der Waals surface area contributed by atoms with E-state index in [2.05, 4.69) is 5.32 Å². The SMILES string of the molecule is COc1ccc(NC(=O)COc2ccccc2C(C)=O)c(OC)c1. The molecule has 0 aliphatic carbocycles. The van der Waals surface area contributed by atoms with E-state index in [-0.39, 0.29) is 18.3 Å². The van der Waals surface area contributed by atoms with Crippen LogP contribution in [-0.4, -0.2) is 32.5 Å². The Morgan fingerprint density at radius 1 is 1.00 bits per heavy atom. The fourth-order valence-electron chi connectivity index (χ4n) is 2.11. The molecule has 0 aliphatic heterocycles. The standard InChI is InChI=1S/C18H19NO5/c1-12(20)14-6-4-5-7-16(14)24-11-18(21)19-15-9-8-13(22-2)10-17(15)23-3/h4-10H,11H2,1-3H3,(H,19,21). The maximum absolute atomic E-state index is 12.1. The Bertz CT molecular complexity index is 742. The minimum atomic E-state index is -0.364. The highest BCUT2D eigenvalue weighted by atomic mass is 16.5. The van der Waals surface area contributed by atoms with Crippen molar-refractivity contribution in [1.82, 2.24) is 0 Å². The van der Waals surface area contributed by atoms with Crippen molar-refractivity contribution in [2.45, 2.75) is 6.92 Å². The topological polar surface area (TPSA) is 73.9 Å². The molecule has 0 aliphatic rings. The summed E-state index contributed by atoms with van der Waals surface area (Å²) >= 11 is 0. The molecule has 0 saturated heterocycles. The molecule has 24 heavy (non-hydrogen) atoms. The maximum Gasteiger partial charge on any atom is 0.262 e. The van der Waals surface area contributed by atoms with Crippen molar-refractivity contribution in [3.8, 4) is 17.2 Å². The number of Topliss-reactive ketones (excluding diaryl/α,β-unsaturated/α-hetero) is 1. The molecule has 0 unspecified atom stereocenters. The maximum atomic E-state index is 12.1. The lowest BCUT2D eigenvalue weighted by atomic mass is 10.1. The number of hydrogen-bond donors (Lipinski definition) is 1. The quantitative estimate of drug-likeness (QED) is 0.791. The first-order valence-electron chi connectivity index (χ1n) is 7.29. The average Bonchev–Trinajstić information content (AvgIpc) is 2.60. The van der Waals surface area contributed by atoms with Crippen LogP contribution in [0, 0.1) is 0 Å². The van der Waals surface area contributed by atoms with E-state index in [1.165, 1.54) is 14.0 Å². The van der Waals surface area contributed by atoms with Crippen LogP contribution in [0.5, 0.6) is 17.2 Å². The van der Waals surface area contributed by atoms with Gasteiger partial charge in [-0.05, 0) is 31.2 Å². The van der Waals surface area contributed by atoms with Crippen LogP contribution in [-0.2, 0) is 4.79 Å². The summed E-state index contributed by atoms with van der Waals surface area (Å²) in [6.07, 6.45) is 0. The number of carbonyl (C=O) groups is 2. The van der Waals surface area contributed by atoms with Gasteiger partial charge in [-0.1, -0.05) is 12.1 Å². The first-order valence-corrected chi connectivity index (χ1v) is 7.29. The van der Waals surface area contributed by atoms with Crippen molar-refractivity contribution < 1.29 is 23.8 Å². The predicted molar refractivity (Wildman–Crippen MR) is 90.1 cm³/mol. The van der Waals surface area contributed by atoms with Crippen LogP contribution < -0.4 is 19.5 Å². The van der Waals surface area contributed by atoms with Gasteiger partial charge in [-0.25, -0.2) is 0 Å². The zero-order valence-electron chi connectivity index (χ0n) is 13.8. The van der Waals surface area contributed by atoms with Gasteiger partial charge in [0.1, 0.15) is 17.2 Å². The van der Waals surface area contributed by atoms with Crippen molar-refractivity contribution in [3.63, 3.8) is 0 Å². The van der Waals surface area contributed by atoms with Crippen molar-refractivity contribution in [2.75, 3.05) is 26.1 Å². The molecule has 1 N–H and O–H groups in total. The van der Waals surface area contributed by atoms with E-state index in [0.29, 0.717) is 28.5 Å². The molecule has 0 heterocycles. The minimum absolute atomic E-state index is 0.122. The number of nitrogens with one attached hydrogen (secondary N) is 1. The van der Waals surface area contributed by atoms with Crippen LogP contribution in [0.15, 0.2) is 42.5 Å². The lowest BCUT2D eigenvalue weighted by molar-refractivity contribution is -0.118. The van der Waals surface area contributed by atoms with Gasteiger partial charge in [0.25, 0.3) is 5.91 Å². The Morgan fingerprint density at radius 2 is 1.75 bits per heavy atom. The van der Waals surface area contributed by atoms with E-state index in [4.69, 9.17) is 14.2 Å². The predicted octanol–water partition coefficient (Wildman–Crippen LogP) is 2.92. The van der Waals surface area contributed by atoms with Crippen molar-refractivity contribution >= 4 is 17.4 Å². The fraction of sp³-hybridized carbons (Fsp3) is 0.222. The largest absolute Gasteiger partial charge is 0.497 e. The molecular weight excluding hydrogens is 310 g/mol. The van der Waals surface area contributed by atoms with E-state index >= 15 is 0 Å². The molecule has 0 radical (unpaired) electrons. The van der Waals surface area contributed by atoms with Gasteiger partial charge < -0.3 is 19.5 Å². The van der Waals surface area contributed by atoms with E-state index in [9.17, 15) is 9.59 Å². The van der Waals surface area contributed by atoms with Crippen LogP contribution in [0.1, 0.15) is 17.3 Å². The Hall–Kier alpha value is -3.02. The molecule has 0 fully saturated rings. The van der Waals surface area contributed by atoms with Gasteiger partial charge in [0.2, 0.25) is 0 Å². The molecule has 0 spiro atoms. The Kier molecular flexibility index (Phi) is 5.78. The number of hydrogen-bond acceptors (Lipinski definition) is 5. The Morgan fingerprint density at radius 3 is 2.42 bits per heavy atom. The lowest BCUT2D eigenvalue weighted by Crippen LogP contribution is -2.21. The molecule has 1 amide bonds. The summed E-state index contributed by atoms with van der Waals surface area (Å²) in [4.78, 5) is 23.6. The summed E-state index contributed by atoms with van der Waals surface area (Å²) in [5, 5.41) is 2.70. The third-order valence-electron chi connectivity index (χ3n) is 3.31. The monoisotopic (exact) mass is 329 g/mol. The smallest absolute Gasteiger partial charge is 0.262 e. The molecule has 2 aromatic rings. The van der Waals surface area contributed by atoms with E-state index < -0.39 is 0 Å². The molecular formula is C18H19NO5. The number of para-hydroxylation sites is 1. The molecule has 6 heteroatoms. The van der Waals surface area contributed by atoms with E-state index in [1.807, 2.05) is 0 Å². The molecule has 0 bridgehead atoms. The Balaban J connectivity index is 2.03. The first kappa shape index (κ1) is 17.3. The summed E-state index contributed by atoms with van der Waals surface area (Å²) in [6.45, 7) is 1.23. The molecule has 126 valence electrons. The van der Waals surface area contributed by atoms with Gasteiger partial charge in [-0.2, -0.15) is 0 Å². The molecule has 2 rings (SSSR count). The Labute approximate surface area is 140 Å². The van der Waals surface area contributed by atoms with Gasteiger partial charge in [-0.3, -0.25) is 9.59 Å². The minimum Gasteiger partial charge on any atom is -0.497 e. The summed E-state index contributed by atoms with van der Waals surface area (Å²) in [6, 6.07) is 11.8. The number of ketones is 1. The van der Waals surface area contributed by atoms with Gasteiger partial charge in [0.05, 0.1) is 25.5 Å². The van der Waals surface area contributed by atoms with Crippen LogP contribution in [0.25, 0.3) is 0 Å². The fourth-order valence-corrected chi connectivity index (χ4v) is 2.11.